The Balaban J connectivity index is 2.46. The van der Waals surface area contributed by atoms with E-state index < -0.39 is 0 Å². The van der Waals surface area contributed by atoms with Crippen LogP contribution >= 0.6 is 27.7 Å². The predicted molar refractivity (Wildman–Crippen MR) is 66.5 cm³/mol. The standard InChI is InChI=1S/C11H12BrNS/c1-3-10(13-2)8-14-11-6-4-9(12)5-7-11/h1,4-7,10,13H,8H2,2H3. The number of thioether (sulfide) groups is 1. The molecule has 0 bridgehead atoms. The lowest BCUT2D eigenvalue weighted by molar-refractivity contribution is 0.759. The van der Waals surface area contributed by atoms with Gasteiger partial charge < -0.3 is 5.32 Å². The van der Waals surface area contributed by atoms with E-state index in [1.165, 1.54) is 4.90 Å². The Labute approximate surface area is 97.8 Å². The Hall–Kier alpha value is -0.430. The maximum Gasteiger partial charge on any atom is 0.0779 e. The lowest BCUT2D eigenvalue weighted by Crippen LogP contribution is -2.25. The van der Waals surface area contributed by atoms with Crippen molar-refractivity contribution in [3.05, 3.63) is 28.7 Å². The topological polar surface area (TPSA) is 12.0 Å². The van der Waals surface area contributed by atoms with Crippen LogP contribution < -0.4 is 5.32 Å². The highest BCUT2D eigenvalue weighted by Crippen LogP contribution is 2.20. The second kappa shape index (κ2) is 6.13. The minimum Gasteiger partial charge on any atom is -0.306 e. The van der Waals surface area contributed by atoms with Gasteiger partial charge in [-0.3, -0.25) is 0 Å². The third kappa shape index (κ3) is 3.75. The third-order valence-corrected chi connectivity index (χ3v) is 3.41. The average molecular weight is 270 g/mol. The molecular formula is C11H12BrNS. The van der Waals surface area contributed by atoms with Crippen LogP contribution in [0.25, 0.3) is 0 Å². The summed E-state index contributed by atoms with van der Waals surface area (Å²) >= 11 is 5.16. The van der Waals surface area contributed by atoms with Gasteiger partial charge in [0.1, 0.15) is 0 Å². The van der Waals surface area contributed by atoms with E-state index in [2.05, 4.69) is 39.3 Å². The summed E-state index contributed by atoms with van der Waals surface area (Å²) in [5, 5.41) is 3.07. The first kappa shape index (κ1) is 11.6. The Bertz CT molecular complexity index is 315. The van der Waals surface area contributed by atoms with Crippen LogP contribution in [0.4, 0.5) is 0 Å². The van der Waals surface area contributed by atoms with Crippen molar-refractivity contribution >= 4 is 27.7 Å². The lowest BCUT2D eigenvalue weighted by atomic mass is 10.4. The molecule has 0 aliphatic heterocycles. The van der Waals surface area contributed by atoms with Crippen LogP contribution in [0.1, 0.15) is 0 Å². The Morgan fingerprint density at radius 3 is 2.64 bits per heavy atom. The fraction of sp³-hybridized carbons (Fsp3) is 0.273. The van der Waals surface area contributed by atoms with Gasteiger partial charge >= 0.3 is 0 Å². The van der Waals surface area contributed by atoms with Crippen LogP contribution in [0.3, 0.4) is 0 Å². The van der Waals surface area contributed by atoms with Crippen molar-refractivity contribution in [3.8, 4) is 12.3 Å². The quantitative estimate of drug-likeness (QED) is 0.667. The molecule has 74 valence electrons. The van der Waals surface area contributed by atoms with Gasteiger partial charge in [0, 0.05) is 15.1 Å². The number of rotatable bonds is 4. The monoisotopic (exact) mass is 269 g/mol. The molecule has 1 rings (SSSR count). The molecule has 1 atom stereocenters. The number of terminal acetylenes is 1. The fourth-order valence-corrected chi connectivity index (χ4v) is 2.14. The van der Waals surface area contributed by atoms with Gasteiger partial charge in [0.15, 0.2) is 0 Å². The van der Waals surface area contributed by atoms with Crippen molar-refractivity contribution in [2.24, 2.45) is 0 Å². The highest BCUT2D eigenvalue weighted by Gasteiger charge is 2.01. The molecule has 1 aromatic rings. The molecule has 1 N–H and O–H groups in total. The fourth-order valence-electron chi connectivity index (χ4n) is 0.925. The molecule has 0 spiro atoms. The summed E-state index contributed by atoms with van der Waals surface area (Å²) in [7, 11) is 1.88. The van der Waals surface area contributed by atoms with Crippen LogP contribution in [0.5, 0.6) is 0 Å². The summed E-state index contributed by atoms with van der Waals surface area (Å²) in [6, 6.07) is 8.37. The summed E-state index contributed by atoms with van der Waals surface area (Å²) < 4.78 is 1.10. The van der Waals surface area contributed by atoms with Gasteiger partial charge in [-0.1, -0.05) is 21.9 Å². The number of hydrogen-bond donors (Lipinski definition) is 1. The van der Waals surface area contributed by atoms with E-state index in [1.54, 1.807) is 11.8 Å². The summed E-state index contributed by atoms with van der Waals surface area (Å²) in [5.74, 6) is 3.59. The van der Waals surface area contributed by atoms with Crippen molar-refractivity contribution in [1.29, 1.82) is 0 Å². The van der Waals surface area contributed by atoms with Gasteiger partial charge in [0.25, 0.3) is 0 Å². The molecule has 0 fully saturated rings. The molecule has 0 saturated heterocycles. The number of halogens is 1. The van der Waals surface area contributed by atoms with E-state index in [0.29, 0.717) is 0 Å². The molecule has 0 saturated carbocycles. The predicted octanol–water partition coefficient (Wildman–Crippen LogP) is 2.76. The molecule has 3 heteroatoms. The van der Waals surface area contributed by atoms with Crippen LogP contribution in [0.2, 0.25) is 0 Å². The Morgan fingerprint density at radius 1 is 1.50 bits per heavy atom. The second-order valence-corrected chi connectivity index (χ2v) is 4.78. The van der Waals surface area contributed by atoms with Gasteiger partial charge in [-0.15, -0.1) is 18.2 Å². The first-order chi connectivity index (χ1) is 6.76. The third-order valence-electron chi connectivity index (χ3n) is 1.78. The molecule has 0 aliphatic rings. The smallest absolute Gasteiger partial charge is 0.0779 e. The average Bonchev–Trinajstić information content (AvgIpc) is 2.22. The first-order valence-electron chi connectivity index (χ1n) is 4.28. The number of benzene rings is 1. The van der Waals surface area contributed by atoms with E-state index >= 15 is 0 Å². The van der Waals surface area contributed by atoms with Gasteiger partial charge in [-0.05, 0) is 31.3 Å². The molecule has 1 aromatic carbocycles. The molecule has 0 amide bonds. The van der Waals surface area contributed by atoms with Crippen LogP contribution in [-0.4, -0.2) is 18.8 Å². The highest BCUT2D eigenvalue weighted by molar-refractivity contribution is 9.10. The zero-order valence-corrected chi connectivity index (χ0v) is 10.4. The Kier molecular flexibility index (Phi) is 5.10. The zero-order valence-electron chi connectivity index (χ0n) is 7.96. The molecule has 1 nitrogen and oxygen atoms in total. The van der Waals surface area contributed by atoms with Crippen molar-refractivity contribution < 1.29 is 0 Å². The SMILES string of the molecule is C#CC(CSc1ccc(Br)cc1)NC. The van der Waals surface area contributed by atoms with E-state index in [4.69, 9.17) is 6.42 Å². The Morgan fingerprint density at radius 2 is 2.14 bits per heavy atom. The second-order valence-electron chi connectivity index (χ2n) is 2.77. The number of nitrogens with one attached hydrogen (secondary N) is 1. The molecular weight excluding hydrogens is 258 g/mol. The summed E-state index contributed by atoms with van der Waals surface area (Å²) in [6.45, 7) is 0. The summed E-state index contributed by atoms with van der Waals surface area (Å²) in [4.78, 5) is 1.24. The van der Waals surface area contributed by atoms with Gasteiger partial charge in [-0.25, -0.2) is 0 Å². The maximum absolute atomic E-state index is 5.34. The van der Waals surface area contributed by atoms with Gasteiger partial charge in [0.2, 0.25) is 0 Å². The van der Waals surface area contributed by atoms with Crippen LogP contribution in [-0.2, 0) is 0 Å². The largest absolute Gasteiger partial charge is 0.306 e. The normalized spacial score (nSPS) is 12.1. The summed E-state index contributed by atoms with van der Waals surface area (Å²) in [5.41, 5.74) is 0. The van der Waals surface area contributed by atoms with Crippen molar-refractivity contribution in [2.75, 3.05) is 12.8 Å². The highest BCUT2D eigenvalue weighted by atomic mass is 79.9. The van der Waals surface area contributed by atoms with Crippen molar-refractivity contribution in [3.63, 3.8) is 0 Å². The van der Waals surface area contributed by atoms with Crippen molar-refractivity contribution in [2.45, 2.75) is 10.9 Å². The van der Waals surface area contributed by atoms with Gasteiger partial charge in [0.05, 0.1) is 6.04 Å². The molecule has 0 radical (unpaired) electrons. The van der Waals surface area contributed by atoms with Crippen molar-refractivity contribution in [1.82, 2.24) is 5.32 Å². The molecule has 0 heterocycles. The van der Waals surface area contributed by atoms with Gasteiger partial charge in [-0.2, -0.15) is 0 Å². The van der Waals surface area contributed by atoms with Crippen LogP contribution in [0.15, 0.2) is 33.6 Å². The van der Waals surface area contributed by atoms with E-state index in [-0.39, 0.29) is 6.04 Å². The minimum atomic E-state index is 0.142. The van der Waals surface area contributed by atoms with E-state index in [0.717, 1.165) is 10.2 Å². The minimum absolute atomic E-state index is 0.142. The lowest BCUT2D eigenvalue weighted by Gasteiger charge is -2.08. The number of hydrogen-bond acceptors (Lipinski definition) is 2. The van der Waals surface area contributed by atoms with E-state index in [1.807, 2.05) is 19.2 Å². The zero-order chi connectivity index (χ0) is 10.4. The summed E-state index contributed by atoms with van der Waals surface area (Å²) in [6.07, 6.45) is 5.34. The molecule has 1 unspecified atom stereocenters. The maximum atomic E-state index is 5.34. The molecule has 14 heavy (non-hydrogen) atoms. The van der Waals surface area contributed by atoms with E-state index in [9.17, 15) is 0 Å². The molecule has 0 aromatic heterocycles. The van der Waals surface area contributed by atoms with Crippen LogP contribution in [0, 0.1) is 12.3 Å². The first-order valence-corrected chi connectivity index (χ1v) is 6.06. The molecule has 0 aliphatic carbocycles.